The largest absolute Gasteiger partial charge is 0.478 e. The molecule has 0 spiro atoms. The number of carboxylic acids is 1. The van der Waals surface area contributed by atoms with E-state index in [1.807, 2.05) is 24.3 Å². The van der Waals surface area contributed by atoms with Crippen molar-refractivity contribution in [2.45, 2.75) is 4.90 Å². The summed E-state index contributed by atoms with van der Waals surface area (Å²) in [4.78, 5) is 16.8. The number of rotatable bonds is 4. The predicted octanol–water partition coefficient (Wildman–Crippen LogP) is 4.83. The third kappa shape index (κ3) is 3.60. The molecule has 3 aromatic rings. The van der Waals surface area contributed by atoms with Crippen molar-refractivity contribution in [3.63, 3.8) is 0 Å². The van der Waals surface area contributed by atoms with Crippen LogP contribution in [0.15, 0.2) is 59.5 Å². The van der Waals surface area contributed by atoms with Crippen LogP contribution in [0.3, 0.4) is 0 Å². The summed E-state index contributed by atoms with van der Waals surface area (Å²) in [5, 5.41) is 9.84. The molecule has 0 fully saturated rings. The van der Waals surface area contributed by atoms with Gasteiger partial charge in [0.1, 0.15) is 0 Å². The Bertz CT molecular complexity index is 886. The van der Waals surface area contributed by atoms with E-state index in [-0.39, 0.29) is 5.56 Å². The molecule has 0 amide bonds. The highest BCUT2D eigenvalue weighted by Gasteiger charge is 2.04. The Kier molecular flexibility index (Phi) is 4.44. The molecule has 1 heterocycles. The molecule has 0 atom stereocenters. The van der Waals surface area contributed by atoms with Crippen LogP contribution in [0.25, 0.3) is 23.1 Å². The SMILES string of the molecule is CSc1ccc(C=Cc2ccc3cc(C(=O)O)ccc3n2)cc1. The molecule has 23 heavy (non-hydrogen) atoms. The second-order valence-electron chi connectivity index (χ2n) is 5.06. The molecule has 3 rings (SSSR count). The van der Waals surface area contributed by atoms with Gasteiger partial charge in [-0.15, -0.1) is 11.8 Å². The molecule has 0 aliphatic carbocycles. The smallest absolute Gasteiger partial charge is 0.335 e. The lowest BCUT2D eigenvalue weighted by Crippen LogP contribution is -1.95. The van der Waals surface area contributed by atoms with Crippen LogP contribution in [-0.4, -0.2) is 22.3 Å². The van der Waals surface area contributed by atoms with Gasteiger partial charge in [0, 0.05) is 10.3 Å². The van der Waals surface area contributed by atoms with Crippen LogP contribution in [0.2, 0.25) is 0 Å². The highest BCUT2D eigenvalue weighted by atomic mass is 32.2. The van der Waals surface area contributed by atoms with Crippen LogP contribution >= 0.6 is 11.8 Å². The van der Waals surface area contributed by atoms with Gasteiger partial charge in [-0.3, -0.25) is 0 Å². The van der Waals surface area contributed by atoms with E-state index in [0.717, 1.165) is 22.2 Å². The molecule has 0 radical (unpaired) electrons. The average molecular weight is 321 g/mol. The molecule has 0 unspecified atom stereocenters. The summed E-state index contributed by atoms with van der Waals surface area (Å²) in [6.45, 7) is 0. The van der Waals surface area contributed by atoms with E-state index in [2.05, 4.69) is 35.5 Å². The van der Waals surface area contributed by atoms with Crippen molar-refractivity contribution in [2.24, 2.45) is 0 Å². The van der Waals surface area contributed by atoms with Crippen molar-refractivity contribution < 1.29 is 9.90 Å². The van der Waals surface area contributed by atoms with Crippen molar-refractivity contribution in [3.05, 3.63) is 71.4 Å². The Hall–Kier alpha value is -2.59. The Labute approximate surface area is 138 Å². The quantitative estimate of drug-likeness (QED) is 0.700. The van der Waals surface area contributed by atoms with Crippen LogP contribution < -0.4 is 0 Å². The summed E-state index contributed by atoms with van der Waals surface area (Å²) in [6.07, 6.45) is 6.03. The second-order valence-corrected chi connectivity index (χ2v) is 5.93. The topological polar surface area (TPSA) is 50.2 Å². The predicted molar refractivity (Wildman–Crippen MR) is 95.9 cm³/mol. The fourth-order valence-electron chi connectivity index (χ4n) is 2.26. The number of pyridine rings is 1. The van der Waals surface area contributed by atoms with Gasteiger partial charge in [-0.2, -0.15) is 0 Å². The molecule has 4 heteroatoms. The van der Waals surface area contributed by atoms with Gasteiger partial charge in [-0.1, -0.05) is 24.3 Å². The summed E-state index contributed by atoms with van der Waals surface area (Å²) in [5.74, 6) is -0.926. The Morgan fingerprint density at radius 2 is 1.83 bits per heavy atom. The minimum Gasteiger partial charge on any atom is -0.478 e. The first-order chi connectivity index (χ1) is 11.2. The van der Waals surface area contributed by atoms with Gasteiger partial charge in [0.15, 0.2) is 0 Å². The summed E-state index contributed by atoms with van der Waals surface area (Å²) in [6, 6.07) is 17.1. The first-order valence-corrected chi connectivity index (χ1v) is 8.34. The van der Waals surface area contributed by atoms with Crippen molar-refractivity contribution in [3.8, 4) is 0 Å². The van der Waals surface area contributed by atoms with Gasteiger partial charge in [-0.05, 0) is 54.3 Å². The molecule has 0 bridgehead atoms. The molecule has 2 aromatic carbocycles. The summed E-state index contributed by atoms with van der Waals surface area (Å²) < 4.78 is 0. The lowest BCUT2D eigenvalue weighted by Gasteiger charge is -2.01. The number of nitrogens with zero attached hydrogens (tertiary/aromatic N) is 1. The molecule has 0 aliphatic heterocycles. The first kappa shape index (κ1) is 15.3. The zero-order valence-electron chi connectivity index (χ0n) is 12.6. The summed E-state index contributed by atoms with van der Waals surface area (Å²) in [7, 11) is 0. The molecule has 0 aliphatic rings. The maximum atomic E-state index is 11.0. The minimum atomic E-state index is -0.926. The summed E-state index contributed by atoms with van der Waals surface area (Å²) in [5.41, 5.74) is 3.02. The van der Waals surface area contributed by atoms with E-state index in [1.54, 1.807) is 30.0 Å². The molecule has 3 nitrogen and oxygen atoms in total. The average Bonchev–Trinajstić information content (AvgIpc) is 2.59. The van der Waals surface area contributed by atoms with Crippen molar-refractivity contribution in [2.75, 3.05) is 6.26 Å². The molecule has 1 N–H and O–H groups in total. The molecular weight excluding hydrogens is 306 g/mol. The maximum absolute atomic E-state index is 11.0. The van der Waals surface area contributed by atoms with Crippen molar-refractivity contribution in [1.29, 1.82) is 0 Å². The van der Waals surface area contributed by atoms with E-state index >= 15 is 0 Å². The molecule has 1 aromatic heterocycles. The fourth-order valence-corrected chi connectivity index (χ4v) is 2.67. The van der Waals surface area contributed by atoms with E-state index in [4.69, 9.17) is 5.11 Å². The Morgan fingerprint density at radius 3 is 2.52 bits per heavy atom. The zero-order valence-corrected chi connectivity index (χ0v) is 13.4. The standard InChI is InChI=1S/C19H15NO2S/c1-23-17-9-3-13(4-10-17)2-7-16-8-5-14-12-15(19(21)22)6-11-18(14)20-16/h2-12H,1H3,(H,21,22). The fraction of sp³-hybridized carbons (Fsp3) is 0.0526. The van der Waals surface area contributed by atoms with Crippen LogP contribution in [-0.2, 0) is 0 Å². The van der Waals surface area contributed by atoms with Crippen LogP contribution in [0.4, 0.5) is 0 Å². The lowest BCUT2D eigenvalue weighted by molar-refractivity contribution is 0.0697. The molecule has 0 saturated carbocycles. The van der Waals surface area contributed by atoms with Crippen LogP contribution in [0.5, 0.6) is 0 Å². The highest BCUT2D eigenvalue weighted by Crippen LogP contribution is 2.18. The van der Waals surface area contributed by atoms with Gasteiger partial charge in [0.2, 0.25) is 0 Å². The third-order valence-electron chi connectivity index (χ3n) is 3.52. The van der Waals surface area contributed by atoms with Gasteiger partial charge in [0.05, 0.1) is 16.8 Å². The van der Waals surface area contributed by atoms with Crippen LogP contribution in [0, 0.1) is 0 Å². The minimum absolute atomic E-state index is 0.275. The first-order valence-electron chi connectivity index (χ1n) is 7.12. The van der Waals surface area contributed by atoms with E-state index in [1.165, 1.54) is 4.90 Å². The number of thioether (sulfide) groups is 1. The van der Waals surface area contributed by atoms with Gasteiger partial charge >= 0.3 is 5.97 Å². The van der Waals surface area contributed by atoms with Crippen LogP contribution in [0.1, 0.15) is 21.6 Å². The van der Waals surface area contributed by atoms with E-state index in [9.17, 15) is 4.79 Å². The number of benzene rings is 2. The zero-order chi connectivity index (χ0) is 16.2. The number of aromatic nitrogens is 1. The van der Waals surface area contributed by atoms with E-state index < -0.39 is 5.97 Å². The number of fused-ring (bicyclic) bond motifs is 1. The van der Waals surface area contributed by atoms with Gasteiger partial charge in [-0.25, -0.2) is 9.78 Å². The lowest BCUT2D eigenvalue weighted by atomic mass is 10.1. The molecule has 114 valence electrons. The number of hydrogen-bond acceptors (Lipinski definition) is 3. The normalized spacial score (nSPS) is 11.2. The number of hydrogen-bond donors (Lipinski definition) is 1. The molecule has 0 saturated heterocycles. The van der Waals surface area contributed by atoms with Crippen molar-refractivity contribution >= 4 is 40.8 Å². The maximum Gasteiger partial charge on any atom is 0.335 e. The van der Waals surface area contributed by atoms with E-state index in [0.29, 0.717) is 0 Å². The number of carboxylic acid groups (broad SMARTS) is 1. The third-order valence-corrected chi connectivity index (χ3v) is 4.26. The van der Waals surface area contributed by atoms with Gasteiger partial charge < -0.3 is 5.11 Å². The highest BCUT2D eigenvalue weighted by molar-refractivity contribution is 7.98. The monoisotopic (exact) mass is 321 g/mol. The van der Waals surface area contributed by atoms with Gasteiger partial charge in [0.25, 0.3) is 0 Å². The second kappa shape index (κ2) is 6.67. The number of aromatic carboxylic acids is 1. The Morgan fingerprint density at radius 1 is 1.04 bits per heavy atom. The van der Waals surface area contributed by atoms with Crippen molar-refractivity contribution in [1.82, 2.24) is 4.98 Å². The molecular formula is C19H15NO2S. The Balaban J connectivity index is 1.86. The summed E-state index contributed by atoms with van der Waals surface area (Å²) >= 11 is 1.72. The number of carbonyl (C=O) groups is 1.